The maximum absolute atomic E-state index is 5.30. The van der Waals surface area contributed by atoms with E-state index in [9.17, 15) is 0 Å². The summed E-state index contributed by atoms with van der Waals surface area (Å²) in [6, 6.07) is 18.6. The summed E-state index contributed by atoms with van der Waals surface area (Å²) in [5, 5.41) is 3.41. The van der Waals surface area contributed by atoms with Crippen molar-refractivity contribution >= 4 is 5.69 Å². The van der Waals surface area contributed by atoms with Crippen molar-refractivity contribution < 1.29 is 4.74 Å². The molecular weight excluding hydrogens is 222 g/mol. The molecular formula is C16H19NO. The second-order valence-electron chi connectivity index (χ2n) is 4.22. The van der Waals surface area contributed by atoms with Crippen LogP contribution in [0.1, 0.15) is 12.0 Å². The molecule has 0 aromatic heterocycles. The molecule has 2 nitrogen and oxygen atoms in total. The SMILES string of the molecule is COc1ccccc1NCCCc1ccccc1. The number of anilines is 1. The van der Waals surface area contributed by atoms with E-state index in [1.807, 2.05) is 24.3 Å². The van der Waals surface area contributed by atoms with E-state index in [4.69, 9.17) is 4.74 Å². The second kappa shape index (κ2) is 6.70. The summed E-state index contributed by atoms with van der Waals surface area (Å²) in [5.74, 6) is 0.900. The molecule has 94 valence electrons. The smallest absolute Gasteiger partial charge is 0.141 e. The largest absolute Gasteiger partial charge is 0.495 e. The number of hydrogen-bond donors (Lipinski definition) is 1. The lowest BCUT2D eigenvalue weighted by Gasteiger charge is -2.10. The summed E-state index contributed by atoms with van der Waals surface area (Å²) in [4.78, 5) is 0. The Bertz CT molecular complexity index is 468. The number of benzene rings is 2. The molecule has 0 aliphatic rings. The first-order valence-electron chi connectivity index (χ1n) is 6.31. The molecule has 0 aliphatic carbocycles. The van der Waals surface area contributed by atoms with Crippen LogP contribution in [-0.2, 0) is 6.42 Å². The lowest BCUT2D eigenvalue weighted by Crippen LogP contribution is -2.04. The molecule has 2 aromatic carbocycles. The Labute approximate surface area is 109 Å². The Kier molecular flexibility index (Phi) is 4.65. The predicted molar refractivity (Wildman–Crippen MR) is 76.2 cm³/mol. The number of methoxy groups -OCH3 is 1. The Balaban J connectivity index is 1.78. The zero-order chi connectivity index (χ0) is 12.6. The molecule has 0 aliphatic heterocycles. The van der Waals surface area contributed by atoms with Crippen LogP contribution in [0.2, 0.25) is 0 Å². The first-order chi connectivity index (χ1) is 8.90. The van der Waals surface area contributed by atoms with Gasteiger partial charge in [0, 0.05) is 6.54 Å². The molecule has 0 unspecified atom stereocenters. The van der Waals surface area contributed by atoms with E-state index in [-0.39, 0.29) is 0 Å². The highest BCUT2D eigenvalue weighted by molar-refractivity contribution is 5.55. The summed E-state index contributed by atoms with van der Waals surface area (Å²) in [6.07, 6.45) is 2.21. The van der Waals surface area contributed by atoms with Crippen molar-refractivity contribution in [1.29, 1.82) is 0 Å². The zero-order valence-corrected chi connectivity index (χ0v) is 10.7. The van der Waals surface area contributed by atoms with Crippen molar-refractivity contribution in [3.05, 3.63) is 60.2 Å². The van der Waals surface area contributed by atoms with E-state index in [0.717, 1.165) is 30.8 Å². The van der Waals surface area contributed by atoms with Crippen LogP contribution >= 0.6 is 0 Å². The number of aryl methyl sites for hydroxylation is 1. The van der Waals surface area contributed by atoms with Crippen molar-refractivity contribution in [1.82, 2.24) is 0 Å². The van der Waals surface area contributed by atoms with E-state index < -0.39 is 0 Å². The van der Waals surface area contributed by atoms with E-state index in [0.29, 0.717) is 0 Å². The zero-order valence-electron chi connectivity index (χ0n) is 10.7. The topological polar surface area (TPSA) is 21.3 Å². The summed E-state index contributed by atoms with van der Waals surface area (Å²) in [5.41, 5.74) is 2.45. The van der Waals surface area contributed by atoms with Gasteiger partial charge in [-0.2, -0.15) is 0 Å². The summed E-state index contributed by atoms with van der Waals surface area (Å²) in [6.45, 7) is 0.954. The maximum atomic E-state index is 5.30. The van der Waals surface area contributed by atoms with Crippen molar-refractivity contribution in [3.8, 4) is 5.75 Å². The summed E-state index contributed by atoms with van der Waals surface area (Å²) >= 11 is 0. The molecule has 0 saturated carbocycles. The predicted octanol–water partition coefficient (Wildman–Crippen LogP) is 3.74. The maximum Gasteiger partial charge on any atom is 0.141 e. The third-order valence-electron chi connectivity index (χ3n) is 2.91. The molecule has 0 amide bonds. The highest BCUT2D eigenvalue weighted by atomic mass is 16.5. The lowest BCUT2D eigenvalue weighted by atomic mass is 10.1. The minimum atomic E-state index is 0.900. The van der Waals surface area contributed by atoms with Gasteiger partial charge >= 0.3 is 0 Å². The third-order valence-corrected chi connectivity index (χ3v) is 2.91. The minimum absolute atomic E-state index is 0.900. The van der Waals surface area contributed by atoms with Crippen molar-refractivity contribution in [2.75, 3.05) is 19.0 Å². The van der Waals surface area contributed by atoms with Gasteiger partial charge in [0.25, 0.3) is 0 Å². The van der Waals surface area contributed by atoms with Crippen molar-refractivity contribution in [3.63, 3.8) is 0 Å². The Hall–Kier alpha value is -1.96. The van der Waals surface area contributed by atoms with Gasteiger partial charge in [-0.3, -0.25) is 0 Å². The molecule has 2 rings (SSSR count). The molecule has 2 aromatic rings. The van der Waals surface area contributed by atoms with Crippen LogP contribution in [0.3, 0.4) is 0 Å². The van der Waals surface area contributed by atoms with E-state index in [2.05, 4.69) is 35.6 Å². The fourth-order valence-corrected chi connectivity index (χ4v) is 1.95. The monoisotopic (exact) mass is 241 g/mol. The first-order valence-corrected chi connectivity index (χ1v) is 6.31. The molecule has 0 spiro atoms. The molecule has 0 atom stereocenters. The fourth-order valence-electron chi connectivity index (χ4n) is 1.95. The van der Waals surface area contributed by atoms with Crippen molar-refractivity contribution in [2.24, 2.45) is 0 Å². The van der Waals surface area contributed by atoms with E-state index in [1.165, 1.54) is 5.56 Å². The average Bonchev–Trinajstić information content (AvgIpc) is 2.45. The number of hydrogen-bond acceptors (Lipinski definition) is 2. The van der Waals surface area contributed by atoms with Crippen LogP contribution < -0.4 is 10.1 Å². The van der Waals surface area contributed by atoms with Crippen LogP contribution in [0.25, 0.3) is 0 Å². The van der Waals surface area contributed by atoms with Gasteiger partial charge in [0.15, 0.2) is 0 Å². The molecule has 1 N–H and O–H groups in total. The average molecular weight is 241 g/mol. The second-order valence-corrected chi connectivity index (χ2v) is 4.22. The Morgan fingerprint density at radius 3 is 2.44 bits per heavy atom. The van der Waals surface area contributed by atoms with Crippen LogP contribution in [-0.4, -0.2) is 13.7 Å². The minimum Gasteiger partial charge on any atom is -0.495 e. The lowest BCUT2D eigenvalue weighted by molar-refractivity contribution is 0.416. The number of rotatable bonds is 6. The van der Waals surface area contributed by atoms with Gasteiger partial charge in [0.1, 0.15) is 5.75 Å². The van der Waals surface area contributed by atoms with Gasteiger partial charge in [-0.25, -0.2) is 0 Å². The molecule has 0 saturated heterocycles. The third kappa shape index (κ3) is 3.52. The van der Waals surface area contributed by atoms with Crippen LogP contribution in [0.15, 0.2) is 54.6 Å². The molecule has 2 heteroatoms. The van der Waals surface area contributed by atoms with Crippen molar-refractivity contribution in [2.45, 2.75) is 12.8 Å². The molecule has 0 fully saturated rings. The van der Waals surface area contributed by atoms with Crippen LogP contribution in [0.5, 0.6) is 5.75 Å². The number of nitrogens with one attached hydrogen (secondary N) is 1. The van der Waals surface area contributed by atoms with Gasteiger partial charge in [-0.05, 0) is 30.5 Å². The van der Waals surface area contributed by atoms with Crippen LogP contribution in [0, 0.1) is 0 Å². The summed E-state index contributed by atoms with van der Waals surface area (Å²) in [7, 11) is 1.70. The van der Waals surface area contributed by atoms with Crippen LogP contribution in [0.4, 0.5) is 5.69 Å². The first kappa shape index (κ1) is 12.5. The molecule has 0 radical (unpaired) electrons. The standard InChI is InChI=1S/C16H19NO/c1-18-16-12-6-5-11-15(16)17-13-7-10-14-8-3-2-4-9-14/h2-6,8-9,11-12,17H,7,10,13H2,1H3. The summed E-state index contributed by atoms with van der Waals surface area (Å²) < 4.78 is 5.30. The van der Waals surface area contributed by atoms with Gasteiger partial charge < -0.3 is 10.1 Å². The number of para-hydroxylation sites is 2. The highest BCUT2D eigenvalue weighted by Crippen LogP contribution is 2.22. The van der Waals surface area contributed by atoms with E-state index in [1.54, 1.807) is 7.11 Å². The fraction of sp³-hybridized carbons (Fsp3) is 0.250. The molecule has 0 heterocycles. The van der Waals surface area contributed by atoms with Gasteiger partial charge in [-0.15, -0.1) is 0 Å². The molecule has 18 heavy (non-hydrogen) atoms. The Morgan fingerprint density at radius 1 is 0.944 bits per heavy atom. The van der Waals surface area contributed by atoms with Gasteiger partial charge in [-0.1, -0.05) is 42.5 Å². The highest BCUT2D eigenvalue weighted by Gasteiger charge is 1.99. The normalized spacial score (nSPS) is 10.1. The van der Waals surface area contributed by atoms with Gasteiger partial charge in [0.2, 0.25) is 0 Å². The Morgan fingerprint density at radius 2 is 1.67 bits per heavy atom. The van der Waals surface area contributed by atoms with E-state index >= 15 is 0 Å². The van der Waals surface area contributed by atoms with Gasteiger partial charge in [0.05, 0.1) is 12.8 Å². The number of ether oxygens (including phenoxy) is 1. The molecule has 0 bridgehead atoms. The quantitative estimate of drug-likeness (QED) is 0.778.